The van der Waals surface area contributed by atoms with E-state index in [9.17, 15) is 5.11 Å². The summed E-state index contributed by atoms with van der Waals surface area (Å²) < 4.78 is 4.13. The molecule has 0 radical (unpaired) electrons. The molecule has 0 saturated heterocycles. The van der Waals surface area contributed by atoms with Gasteiger partial charge in [0, 0.05) is 4.90 Å². The highest BCUT2D eigenvalue weighted by Crippen LogP contribution is 2.19. The minimum atomic E-state index is -0.0701. The van der Waals surface area contributed by atoms with Crippen LogP contribution in [0.5, 0.6) is 5.75 Å². The molecule has 0 aromatic heterocycles. The molecule has 0 saturated carbocycles. The van der Waals surface area contributed by atoms with Crippen LogP contribution in [0, 0.1) is 0 Å². The molecular weight excluding hydrogens is 168 g/mol. The van der Waals surface area contributed by atoms with Crippen LogP contribution in [0.25, 0.3) is 0 Å². The van der Waals surface area contributed by atoms with E-state index in [-0.39, 0.29) is 5.75 Å². The first-order chi connectivity index (χ1) is 5.33. The maximum absolute atomic E-state index is 10.6. The maximum Gasteiger partial charge on any atom is 0.0714 e. The van der Waals surface area contributed by atoms with Crippen molar-refractivity contribution in [3.63, 3.8) is 0 Å². The lowest BCUT2D eigenvalue weighted by Crippen LogP contribution is -1.87. The van der Waals surface area contributed by atoms with Crippen LogP contribution < -0.4 is 5.11 Å². The number of benzene rings is 1. The highest BCUT2D eigenvalue weighted by molar-refractivity contribution is 7.94. The second-order valence-corrected chi connectivity index (χ2v) is 2.47. The van der Waals surface area contributed by atoms with Gasteiger partial charge in [0.1, 0.15) is 0 Å². The summed E-state index contributed by atoms with van der Waals surface area (Å²) in [6.45, 7) is 0. The van der Waals surface area contributed by atoms with Crippen LogP contribution in [0.1, 0.15) is 0 Å². The molecule has 1 rings (SSSR count). The molecule has 1 N–H and O–H groups in total. The molecule has 0 fully saturated rings. The van der Waals surface area contributed by atoms with Crippen molar-refractivity contribution in [1.29, 1.82) is 0 Å². The highest BCUT2D eigenvalue weighted by Gasteiger charge is 1.91. The largest absolute Gasteiger partial charge is 0.872 e. The number of hydrogen-bond acceptors (Lipinski definition) is 5. The summed E-state index contributed by atoms with van der Waals surface area (Å²) in [5.41, 5.74) is 0. The molecule has 5 heteroatoms. The zero-order valence-electron chi connectivity index (χ0n) is 5.39. The number of rotatable bonds is 3. The third-order valence-corrected chi connectivity index (χ3v) is 1.58. The van der Waals surface area contributed by atoms with Gasteiger partial charge in [0.15, 0.2) is 0 Å². The van der Waals surface area contributed by atoms with Crippen LogP contribution in [0.2, 0.25) is 0 Å². The fourth-order valence-electron chi connectivity index (χ4n) is 0.550. The van der Waals surface area contributed by atoms with Gasteiger partial charge in [-0.3, -0.25) is 0 Å². The minimum Gasteiger partial charge on any atom is -0.872 e. The molecule has 0 aliphatic heterocycles. The Morgan fingerprint density at radius 2 is 1.91 bits per heavy atom. The molecule has 0 spiro atoms. The smallest absolute Gasteiger partial charge is 0.0714 e. The average molecular weight is 173 g/mol. The summed E-state index contributed by atoms with van der Waals surface area (Å²) in [7, 11) is 0. The molecule has 0 amide bonds. The van der Waals surface area contributed by atoms with E-state index in [1.165, 1.54) is 12.1 Å². The Morgan fingerprint density at radius 3 is 2.45 bits per heavy atom. The van der Waals surface area contributed by atoms with Crippen molar-refractivity contribution in [1.82, 2.24) is 0 Å². The van der Waals surface area contributed by atoms with Gasteiger partial charge in [-0.05, 0) is 12.1 Å². The van der Waals surface area contributed by atoms with E-state index in [1.54, 1.807) is 12.1 Å². The highest BCUT2D eigenvalue weighted by atomic mass is 32.2. The van der Waals surface area contributed by atoms with Gasteiger partial charge in [-0.1, -0.05) is 17.2 Å². The van der Waals surface area contributed by atoms with E-state index >= 15 is 0 Å². The van der Waals surface area contributed by atoms with Crippen molar-refractivity contribution < 1.29 is 19.7 Å². The first-order valence-electron chi connectivity index (χ1n) is 2.75. The zero-order chi connectivity index (χ0) is 8.10. The predicted molar refractivity (Wildman–Crippen MR) is 36.5 cm³/mol. The Kier molecular flexibility index (Phi) is 3.18. The van der Waals surface area contributed by atoms with Crippen molar-refractivity contribution in [2.75, 3.05) is 0 Å². The van der Waals surface area contributed by atoms with E-state index in [1.807, 2.05) is 0 Å². The fraction of sp³-hybridized carbons (Fsp3) is 0. The lowest BCUT2D eigenvalue weighted by atomic mass is 10.3. The standard InChI is InChI=1S/C6H6O4S/c7-5-1-3-6(4-2-5)11-10-9-8/h1-4,7-8H/p-1. The van der Waals surface area contributed by atoms with Crippen LogP contribution in [-0.4, -0.2) is 5.26 Å². The van der Waals surface area contributed by atoms with Gasteiger partial charge in [0.25, 0.3) is 0 Å². The Labute approximate surface area is 67.4 Å². The molecular formula is C6H5O4S-. The van der Waals surface area contributed by atoms with Crippen LogP contribution in [0.15, 0.2) is 29.2 Å². The summed E-state index contributed by atoms with van der Waals surface area (Å²) in [5.74, 6) is -0.0701. The van der Waals surface area contributed by atoms with Gasteiger partial charge in [0.05, 0.1) is 12.0 Å². The normalized spacial score (nSPS) is 9.91. The van der Waals surface area contributed by atoms with Crippen LogP contribution in [-0.2, 0) is 9.37 Å². The number of hydrogen-bond donors (Lipinski definition) is 1. The summed E-state index contributed by atoms with van der Waals surface area (Å²) in [4.78, 5) is 0.679. The molecule has 11 heavy (non-hydrogen) atoms. The van der Waals surface area contributed by atoms with Gasteiger partial charge in [-0.25, -0.2) is 5.26 Å². The third kappa shape index (κ3) is 2.77. The molecule has 0 bridgehead atoms. The SMILES string of the molecule is [O-]c1ccc(SOOO)cc1. The quantitative estimate of drug-likeness (QED) is 0.422. The van der Waals surface area contributed by atoms with E-state index in [0.29, 0.717) is 4.90 Å². The van der Waals surface area contributed by atoms with Crippen molar-refractivity contribution in [2.45, 2.75) is 4.90 Å². The van der Waals surface area contributed by atoms with Crippen molar-refractivity contribution in [2.24, 2.45) is 0 Å². The molecule has 60 valence electrons. The fourth-order valence-corrected chi connectivity index (χ4v) is 0.906. The molecule has 4 nitrogen and oxygen atoms in total. The van der Waals surface area contributed by atoms with E-state index in [2.05, 4.69) is 9.37 Å². The summed E-state index contributed by atoms with van der Waals surface area (Å²) in [5, 5.41) is 21.7. The van der Waals surface area contributed by atoms with Gasteiger partial charge in [0.2, 0.25) is 0 Å². The summed E-state index contributed by atoms with van der Waals surface area (Å²) >= 11 is 0.818. The second-order valence-electron chi connectivity index (χ2n) is 1.70. The van der Waals surface area contributed by atoms with Gasteiger partial charge in [-0.15, -0.1) is 10.1 Å². The molecule has 1 aromatic rings. The molecule has 0 aliphatic rings. The Morgan fingerprint density at radius 1 is 1.27 bits per heavy atom. The summed E-state index contributed by atoms with van der Waals surface area (Å²) in [6, 6.07) is 5.91. The molecule has 0 atom stereocenters. The van der Waals surface area contributed by atoms with Crippen molar-refractivity contribution >= 4 is 12.0 Å². The first kappa shape index (κ1) is 8.35. The lowest BCUT2D eigenvalue weighted by molar-refractivity contribution is -0.432. The first-order valence-corrected chi connectivity index (χ1v) is 3.49. The second kappa shape index (κ2) is 4.20. The Hall–Kier alpha value is -0.750. The van der Waals surface area contributed by atoms with Gasteiger partial charge < -0.3 is 5.11 Å². The van der Waals surface area contributed by atoms with Gasteiger partial charge in [-0.2, -0.15) is 0 Å². The molecule has 0 aliphatic carbocycles. The van der Waals surface area contributed by atoms with E-state index < -0.39 is 0 Å². The van der Waals surface area contributed by atoms with Gasteiger partial charge >= 0.3 is 0 Å². The molecule has 0 unspecified atom stereocenters. The zero-order valence-corrected chi connectivity index (χ0v) is 6.21. The molecule has 0 heterocycles. The monoisotopic (exact) mass is 173 g/mol. The predicted octanol–water partition coefficient (Wildman–Crippen LogP) is 1.19. The Bertz CT molecular complexity index is 210. The van der Waals surface area contributed by atoms with Crippen molar-refractivity contribution in [3.05, 3.63) is 24.3 Å². The average Bonchev–Trinajstić information content (AvgIpc) is 2.04. The van der Waals surface area contributed by atoms with Crippen LogP contribution in [0.3, 0.4) is 0 Å². The molecule has 1 aromatic carbocycles. The Balaban J connectivity index is 2.52. The van der Waals surface area contributed by atoms with Crippen LogP contribution >= 0.6 is 12.0 Å². The summed E-state index contributed by atoms with van der Waals surface area (Å²) in [6.07, 6.45) is 0. The maximum atomic E-state index is 10.6. The topological polar surface area (TPSA) is 61.8 Å². The lowest BCUT2D eigenvalue weighted by Gasteiger charge is -2.03. The van der Waals surface area contributed by atoms with E-state index in [0.717, 1.165) is 12.0 Å². The third-order valence-electron chi connectivity index (χ3n) is 0.984. The van der Waals surface area contributed by atoms with Crippen LogP contribution in [0.4, 0.5) is 0 Å². The van der Waals surface area contributed by atoms with Crippen molar-refractivity contribution in [3.8, 4) is 5.75 Å². The minimum absolute atomic E-state index is 0.0701. The van der Waals surface area contributed by atoms with E-state index in [4.69, 9.17) is 5.26 Å².